The highest BCUT2D eigenvalue weighted by Crippen LogP contribution is 2.33. The molecule has 0 bridgehead atoms. The molecule has 1 N–H and O–H groups in total. The summed E-state index contributed by atoms with van der Waals surface area (Å²) in [7, 11) is 0. The second-order valence-corrected chi connectivity index (χ2v) is 4.89. The van der Waals surface area contributed by atoms with E-state index in [0.717, 1.165) is 13.0 Å². The molecule has 1 aromatic rings. The van der Waals surface area contributed by atoms with Gasteiger partial charge in [-0.2, -0.15) is 0 Å². The second kappa shape index (κ2) is 4.88. The Labute approximate surface area is 102 Å². The summed E-state index contributed by atoms with van der Waals surface area (Å²) in [5, 5.41) is 9.06. The lowest BCUT2D eigenvalue weighted by Gasteiger charge is -2.39. The minimum Gasteiger partial charge on any atom is -0.481 e. The van der Waals surface area contributed by atoms with Crippen LogP contribution in [-0.4, -0.2) is 28.6 Å². The first kappa shape index (κ1) is 12.1. The third-order valence-electron chi connectivity index (χ3n) is 3.49. The zero-order chi connectivity index (χ0) is 12.4. The molecule has 0 saturated carbocycles. The number of hydrogen-bond donors (Lipinski definition) is 1. The molecule has 1 aliphatic heterocycles. The summed E-state index contributed by atoms with van der Waals surface area (Å²) < 4.78 is 0. The van der Waals surface area contributed by atoms with Gasteiger partial charge in [-0.3, -0.25) is 9.69 Å². The van der Waals surface area contributed by atoms with Crippen molar-refractivity contribution in [1.29, 1.82) is 0 Å². The highest BCUT2D eigenvalue weighted by molar-refractivity contribution is 5.68. The normalized spacial score (nSPS) is 20.3. The predicted molar refractivity (Wildman–Crippen MR) is 67.0 cm³/mol. The van der Waals surface area contributed by atoms with E-state index in [1.807, 2.05) is 12.1 Å². The van der Waals surface area contributed by atoms with E-state index in [1.54, 1.807) is 0 Å². The van der Waals surface area contributed by atoms with E-state index in [4.69, 9.17) is 5.11 Å². The Balaban J connectivity index is 2.35. The van der Waals surface area contributed by atoms with Crippen LogP contribution in [0.25, 0.3) is 0 Å². The second-order valence-electron chi connectivity index (χ2n) is 4.89. The molecule has 0 spiro atoms. The lowest BCUT2D eigenvalue weighted by molar-refractivity contribution is -0.138. The number of aliphatic carboxylic acids is 1. The summed E-state index contributed by atoms with van der Waals surface area (Å²) in [6.45, 7) is 5.21. The Bertz CT molecular complexity index is 414. The van der Waals surface area contributed by atoms with E-state index in [9.17, 15) is 4.79 Å². The van der Waals surface area contributed by atoms with Gasteiger partial charge in [0.15, 0.2) is 0 Å². The van der Waals surface area contributed by atoms with Crippen molar-refractivity contribution in [1.82, 2.24) is 4.90 Å². The molecule has 3 heteroatoms. The van der Waals surface area contributed by atoms with Crippen molar-refractivity contribution in [3.8, 4) is 0 Å². The molecule has 1 aromatic carbocycles. The van der Waals surface area contributed by atoms with Gasteiger partial charge < -0.3 is 5.11 Å². The molecule has 2 rings (SSSR count). The number of fused-ring (bicyclic) bond motifs is 1. The minimum atomic E-state index is -0.725. The first-order valence-corrected chi connectivity index (χ1v) is 6.15. The molecule has 1 heterocycles. The molecule has 0 aliphatic carbocycles. The SMILES string of the molecule is CC(C)N1CCc2ccccc2C1CC(=O)O. The van der Waals surface area contributed by atoms with Gasteiger partial charge in [0, 0.05) is 18.6 Å². The maximum absolute atomic E-state index is 11.0. The molecule has 3 nitrogen and oxygen atoms in total. The van der Waals surface area contributed by atoms with Crippen LogP contribution in [0.3, 0.4) is 0 Å². The van der Waals surface area contributed by atoms with E-state index in [-0.39, 0.29) is 12.5 Å². The van der Waals surface area contributed by atoms with Gasteiger partial charge in [-0.1, -0.05) is 24.3 Å². The Morgan fingerprint density at radius 1 is 1.47 bits per heavy atom. The summed E-state index contributed by atoms with van der Waals surface area (Å²) in [5.41, 5.74) is 2.49. The van der Waals surface area contributed by atoms with Crippen molar-refractivity contribution in [2.75, 3.05) is 6.54 Å². The number of carbonyl (C=O) groups is 1. The van der Waals surface area contributed by atoms with Crippen LogP contribution in [0, 0.1) is 0 Å². The van der Waals surface area contributed by atoms with Crippen LogP contribution in [0.2, 0.25) is 0 Å². The van der Waals surface area contributed by atoms with Crippen LogP contribution >= 0.6 is 0 Å². The smallest absolute Gasteiger partial charge is 0.305 e. The Morgan fingerprint density at radius 2 is 2.18 bits per heavy atom. The molecule has 17 heavy (non-hydrogen) atoms. The van der Waals surface area contributed by atoms with E-state index < -0.39 is 5.97 Å². The first-order valence-electron chi connectivity index (χ1n) is 6.15. The van der Waals surface area contributed by atoms with E-state index >= 15 is 0 Å². The highest BCUT2D eigenvalue weighted by atomic mass is 16.4. The summed E-state index contributed by atoms with van der Waals surface area (Å²) >= 11 is 0. The van der Waals surface area contributed by atoms with Crippen molar-refractivity contribution in [3.05, 3.63) is 35.4 Å². The molecule has 0 aromatic heterocycles. The fourth-order valence-electron chi connectivity index (χ4n) is 2.68. The molecule has 1 atom stereocenters. The number of hydrogen-bond acceptors (Lipinski definition) is 2. The summed E-state index contributed by atoms with van der Waals surface area (Å²) in [5.74, 6) is -0.725. The molecule has 0 radical (unpaired) electrons. The average Bonchev–Trinajstić information content (AvgIpc) is 2.28. The van der Waals surface area contributed by atoms with Gasteiger partial charge in [0.25, 0.3) is 0 Å². The van der Waals surface area contributed by atoms with Gasteiger partial charge >= 0.3 is 5.97 Å². The minimum absolute atomic E-state index is 0.0254. The predicted octanol–water partition coefficient (Wildman–Crippen LogP) is 2.47. The molecule has 0 saturated heterocycles. The highest BCUT2D eigenvalue weighted by Gasteiger charge is 2.30. The van der Waals surface area contributed by atoms with Gasteiger partial charge in [0.1, 0.15) is 0 Å². The summed E-state index contributed by atoms with van der Waals surface area (Å²) in [6.07, 6.45) is 1.21. The monoisotopic (exact) mass is 233 g/mol. The Kier molecular flexibility index (Phi) is 3.48. The quantitative estimate of drug-likeness (QED) is 0.872. The lowest BCUT2D eigenvalue weighted by Crippen LogP contribution is -2.41. The average molecular weight is 233 g/mol. The summed E-state index contributed by atoms with van der Waals surface area (Å²) in [4.78, 5) is 13.3. The molecular formula is C14H19NO2. The Morgan fingerprint density at radius 3 is 2.82 bits per heavy atom. The third kappa shape index (κ3) is 2.50. The molecular weight excluding hydrogens is 214 g/mol. The third-order valence-corrected chi connectivity index (χ3v) is 3.49. The zero-order valence-electron chi connectivity index (χ0n) is 10.4. The molecule has 1 aliphatic rings. The molecule has 1 unspecified atom stereocenters. The van der Waals surface area contributed by atoms with E-state index in [1.165, 1.54) is 11.1 Å². The van der Waals surface area contributed by atoms with Gasteiger partial charge in [0.2, 0.25) is 0 Å². The number of nitrogens with zero attached hydrogens (tertiary/aromatic N) is 1. The van der Waals surface area contributed by atoms with Gasteiger partial charge in [0.05, 0.1) is 6.42 Å². The topological polar surface area (TPSA) is 40.5 Å². The summed E-state index contributed by atoms with van der Waals surface area (Å²) in [6, 6.07) is 8.61. The zero-order valence-corrected chi connectivity index (χ0v) is 10.4. The van der Waals surface area contributed by atoms with Crippen LogP contribution in [0.4, 0.5) is 0 Å². The van der Waals surface area contributed by atoms with Crippen LogP contribution in [0.15, 0.2) is 24.3 Å². The first-order chi connectivity index (χ1) is 8.09. The lowest BCUT2D eigenvalue weighted by atomic mass is 9.90. The molecule has 0 amide bonds. The maximum atomic E-state index is 11.0. The van der Waals surface area contributed by atoms with Crippen molar-refractivity contribution < 1.29 is 9.90 Å². The van der Waals surface area contributed by atoms with Gasteiger partial charge in [-0.15, -0.1) is 0 Å². The number of rotatable bonds is 3. The fourth-order valence-corrected chi connectivity index (χ4v) is 2.68. The van der Waals surface area contributed by atoms with Crippen LogP contribution in [0.1, 0.15) is 37.4 Å². The number of carboxylic acid groups (broad SMARTS) is 1. The van der Waals surface area contributed by atoms with Gasteiger partial charge in [-0.05, 0) is 31.4 Å². The molecule has 92 valence electrons. The maximum Gasteiger partial charge on any atom is 0.305 e. The van der Waals surface area contributed by atoms with Crippen LogP contribution in [0.5, 0.6) is 0 Å². The number of carboxylic acids is 1. The van der Waals surface area contributed by atoms with Crippen LogP contribution in [-0.2, 0) is 11.2 Å². The molecule has 0 fully saturated rings. The standard InChI is InChI=1S/C14H19NO2/c1-10(2)15-8-7-11-5-3-4-6-12(11)13(15)9-14(16)17/h3-6,10,13H,7-9H2,1-2H3,(H,16,17). The van der Waals surface area contributed by atoms with Gasteiger partial charge in [-0.25, -0.2) is 0 Å². The van der Waals surface area contributed by atoms with E-state index in [2.05, 4.69) is 30.9 Å². The van der Waals surface area contributed by atoms with Crippen molar-refractivity contribution in [3.63, 3.8) is 0 Å². The Hall–Kier alpha value is -1.35. The number of benzene rings is 1. The largest absolute Gasteiger partial charge is 0.481 e. The van der Waals surface area contributed by atoms with Crippen LogP contribution < -0.4 is 0 Å². The van der Waals surface area contributed by atoms with Crippen molar-refractivity contribution >= 4 is 5.97 Å². The fraction of sp³-hybridized carbons (Fsp3) is 0.500. The van der Waals surface area contributed by atoms with Crippen molar-refractivity contribution in [2.24, 2.45) is 0 Å². The van der Waals surface area contributed by atoms with E-state index in [0.29, 0.717) is 6.04 Å². The van der Waals surface area contributed by atoms with Crippen molar-refractivity contribution in [2.45, 2.75) is 38.8 Å².